The van der Waals surface area contributed by atoms with Gasteiger partial charge in [-0.25, -0.2) is 0 Å². The van der Waals surface area contributed by atoms with Crippen molar-refractivity contribution >= 4 is 0 Å². The minimum atomic E-state index is 0.536. The molecule has 2 rings (SSSR count). The Morgan fingerprint density at radius 1 is 1.36 bits per heavy atom. The maximum atomic E-state index is 5.81. The lowest BCUT2D eigenvalue weighted by molar-refractivity contribution is 0.0790. The summed E-state index contributed by atoms with van der Waals surface area (Å²) in [5.41, 5.74) is 0. The van der Waals surface area contributed by atoms with E-state index in [-0.39, 0.29) is 0 Å². The molecule has 1 aliphatic carbocycles. The Hall–Kier alpha value is -0.0800. The van der Waals surface area contributed by atoms with Crippen LogP contribution in [-0.4, -0.2) is 24.8 Å². The van der Waals surface area contributed by atoms with E-state index in [0.717, 1.165) is 12.5 Å². The van der Waals surface area contributed by atoms with Gasteiger partial charge >= 0.3 is 0 Å². The third kappa shape index (κ3) is 2.48. The highest BCUT2D eigenvalue weighted by Gasteiger charge is 2.40. The molecule has 0 radical (unpaired) electrons. The van der Waals surface area contributed by atoms with Gasteiger partial charge in [0.2, 0.25) is 0 Å². The molecule has 3 unspecified atom stereocenters. The van der Waals surface area contributed by atoms with Crippen molar-refractivity contribution in [1.29, 1.82) is 0 Å². The summed E-state index contributed by atoms with van der Waals surface area (Å²) in [5, 5.41) is 3.73. The van der Waals surface area contributed by atoms with E-state index in [0.29, 0.717) is 18.2 Å². The van der Waals surface area contributed by atoms with Crippen molar-refractivity contribution in [2.75, 3.05) is 6.61 Å². The normalized spacial score (nSPS) is 34.7. The van der Waals surface area contributed by atoms with Crippen LogP contribution in [0.25, 0.3) is 0 Å². The van der Waals surface area contributed by atoms with Gasteiger partial charge in [-0.3, -0.25) is 0 Å². The molecule has 0 bridgehead atoms. The first-order valence-electron chi connectivity index (χ1n) is 6.19. The van der Waals surface area contributed by atoms with Crippen LogP contribution in [0.3, 0.4) is 0 Å². The molecule has 1 N–H and O–H groups in total. The van der Waals surface area contributed by atoms with Crippen LogP contribution >= 0.6 is 0 Å². The summed E-state index contributed by atoms with van der Waals surface area (Å²) in [6, 6.07) is 1.30. The topological polar surface area (TPSA) is 21.3 Å². The van der Waals surface area contributed by atoms with Crippen LogP contribution in [0.4, 0.5) is 0 Å². The van der Waals surface area contributed by atoms with Gasteiger partial charge in [0, 0.05) is 18.7 Å². The van der Waals surface area contributed by atoms with E-state index in [1.54, 1.807) is 0 Å². The molecule has 2 heteroatoms. The van der Waals surface area contributed by atoms with Gasteiger partial charge in [-0.05, 0) is 38.5 Å². The summed E-state index contributed by atoms with van der Waals surface area (Å²) in [7, 11) is 0. The van der Waals surface area contributed by atoms with E-state index in [1.165, 1.54) is 32.1 Å². The summed E-state index contributed by atoms with van der Waals surface area (Å²) in [5.74, 6) is 0.879. The second kappa shape index (κ2) is 4.63. The van der Waals surface area contributed by atoms with Gasteiger partial charge < -0.3 is 10.1 Å². The lowest BCUT2D eigenvalue weighted by Crippen LogP contribution is -2.42. The molecule has 2 nitrogen and oxygen atoms in total. The van der Waals surface area contributed by atoms with Crippen LogP contribution in [0.15, 0.2) is 0 Å². The summed E-state index contributed by atoms with van der Waals surface area (Å²) in [4.78, 5) is 0. The maximum Gasteiger partial charge on any atom is 0.0757 e. The quantitative estimate of drug-likeness (QED) is 0.730. The summed E-state index contributed by atoms with van der Waals surface area (Å²) in [6.07, 6.45) is 7.10. The second-order valence-electron chi connectivity index (χ2n) is 4.92. The first-order valence-corrected chi connectivity index (χ1v) is 6.19. The average molecular weight is 197 g/mol. The molecule has 0 spiro atoms. The van der Waals surface area contributed by atoms with Crippen LogP contribution in [-0.2, 0) is 4.74 Å². The monoisotopic (exact) mass is 197 g/mol. The molecule has 0 amide bonds. The Kier molecular flexibility index (Phi) is 3.45. The fourth-order valence-electron chi connectivity index (χ4n) is 2.56. The molecule has 1 aliphatic heterocycles. The van der Waals surface area contributed by atoms with Crippen molar-refractivity contribution in [2.45, 2.75) is 64.1 Å². The van der Waals surface area contributed by atoms with Gasteiger partial charge in [-0.2, -0.15) is 0 Å². The number of ether oxygens (including phenoxy) is 1. The first-order chi connectivity index (χ1) is 6.81. The highest BCUT2D eigenvalue weighted by Crippen LogP contribution is 2.38. The van der Waals surface area contributed by atoms with E-state index in [2.05, 4.69) is 19.2 Å². The fourth-order valence-corrected chi connectivity index (χ4v) is 2.56. The predicted octanol–water partition coefficient (Wildman–Crippen LogP) is 2.33. The zero-order valence-corrected chi connectivity index (χ0v) is 9.46. The van der Waals surface area contributed by atoms with Crippen LogP contribution in [0, 0.1) is 5.92 Å². The van der Waals surface area contributed by atoms with Crippen LogP contribution in [0.1, 0.15) is 46.0 Å². The zero-order valence-electron chi connectivity index (χ0n) is 9.46. The van der Waals surface area contributed by atoms with E-state index in [1.807, 2.05) is 0 Å². The highest BCUT2D eigenvalue weighted by atomic mass is 16.5. The van der Waals surface area contributed by atoms with Gasteiger partial charge in [0.15, 0.2) is 0 Å². The van der Waals surface area contributed by atoms with Crippen molar-refractivity contribution in [3.05, 3.63) is 0 Å². The van der Waals surface area contributed by atoms with Crippen LogP contribution < -0.4 is 5.32 Å². The van der Waals surface area contributed by atoms with Crippen molar-refractivity contribution in [1.82, 2.24) is 5.32 Å². The Morgan fingerprint density at radius 2 is 2.14 bits per heavy atom. The minimum absolute atomic E-state index is 0.536. The van der Waals surface area contributed by atoms with Crippen LogP contribution in [0.2, 0.25) is 0 Å². The Labute approximate surface area is 87.4 Å². The lowest BCUT2D eigenvalue weighted by atomic mass is 10.0. The van der Waals surface area contributed by atoms with E-state index < -0.39 is 0 Å². The first kappa shape index (κ1) is 10.4. The standard InChI is InChI=1S/C12H23NO/c1-3-4-9(2)13-11-7-8-14-12(11)10-5-6-10/h9-13H,3-8H2,1-2H3. The van der Waals surface area contributed by atoms with Gasteiger partial charge in [0.25, 0.3) is 0 Å². The number of hydrogen-bond acceptors (Lipinski definition) is 2. The third-order valence-corrected chi connectivity index (χ3v) is 3.44. The van der Waals surface area contributed by atoms with Gasteiger partial charge in [0.1, 0.15) is 0 Å². The molecule has 1 heterocycles. The van der Waals surface area contributed by atoms with Gasteiger partial charge in [-0.1, -0.05) is 13.3 Å². The predicted molar refractivity (Wildman–Crippen MR) is 58.4 cm³/mol. The summed E-state index contributed by atoms with van der Waals surface area (Å²) < 4.78 is 5.81. The Morgan fingerprint density at radius 3 is 2.79 bits per heavy atom. The van der Waals surface area contributed by atoms with Gasteiger partial charge in [0.05, 0.1) is 6.10 Å². The molecule has 2 fully saturated rings. The lowest BCUT2D eigenvalue weighted by Gasteiger charge is -2.23. The molecule has 82 valence electrons. The second-order valence-corrected chi connectivity index (χ2v) is 4.92. The third-order valence-electron chi connectivity index (χ3n) is 3.44. The molecule has 0 aromatic rings. The van der Waals surface area contributed by atoms with Crippen molar-refractivity contribution in [2.24, 2.45) is 5.92 Å². The molecule has 0 aromatic heterocycles. The largest absolute Gasteiger partial charge is 0.376 e. The van der Waals surface area contributed by atoms with Crippen molar-refractivity contribution in [3.63, 3.8) is 0 Å². The summed E-state index contributed by atoms with van der Waals surface area (Å²) >= 11 is 0. The molecular weight excluding hydrogens is 174 g/mol. The molecular formula is C12H23NO. The van der Waals surface area contributed by atoms with E-state index >= 15 is 0 Å². The van der Waals surface area contributed by atoms with E-state index in [4.69, 9.17) is 4.74 Å². The molecule has 0 aromatic carbocycles. The smallest absolute Gasteiger partial charge is 0.0757 e. The van der Waals surface area contributed by atoms with Crippen molar-refractivity contribution < 1.29 is 4.74 Å². The van der Waals surface area contributed by atoms with Crippen molar-refractivity contribution in [3.8, 4) is 0 Å². The summed E-state index contributed by atoms with van der Waals surface area (Å²) in [6.45, 7) is 5.52. The van der Waals surface area contributed by atoms with Gasteiger partial charge in [-0.15, -0.1) is 0 Å². The molecule has 3 atom stereocenters. The molecule has 14 heavy (non-hydrogen) atoms. The maximum absolute atomic E-state index is 5.81. The van der Waals surface area contributed by atoms with Crippen LogP contribution in [0.5, 0.6) is 0 Å². The number of hydrogen-bond donors (Lipinski definition) is 1. The Bertz CT molecular complexity index is 179. The average Bonchev–Trinajstić information content (AvgIpc) is 2.89. The number of rotatable bonds is 5. The molecule has 1 saturated carbocycles. The minimum Gasteiger partial charge on any atom is -0.376 e. The SMILES string of the molecule is CCCC(C)NC1CCOC1C1CC1. The zero-order chi connectivity index (χ0) is 9.97. The molecule has 1 saturated heterocycles. The number of nitrogens with one attached hydrogen (secondary N) is 1. The Balaban J connectivity index is 1.77. The highest BCUT2D eigenvalue weighted by molar-refractivity contribution is 4.94. The molecule has 2 aliphatic rings. The fraction of sp³-hybridized carbons (Fsp3) is 1.00. The van der Waals surface area contributed by atoms with E-state index in [9.17, 15) is 0 Å².